The summed E-state index contributed by atoms with van der Waals surface area (Å²) in [5.41, 5.74) is 3.22. The largest absolute Gasteiger partial charge is 0.481 e. The van der Waals surface area contributed by atoms with Gasteiger partial charge in [0.2, 0.25) is 0 Å². The van der Waals surface area contributed by atoms with Crippen molar-refractivity contribution in [2.24, 2.45) is 10.9 Å². The molecule has 1 aliphatic carbocycles. The summed E-state index contributed by atoms with van der Waals surface area (Å²) in [5, 5.41) is 13.2. The summed E-state index contributed by atoms with van der Waals surface area (Å²) >= 11 is 6.54. The molecule has 1 unspecified atom stereocenters. The van der Waals surface area contributed by atoms with E-state index in [1.807, 2.05) is 60.7 Å². The molecule has 0 aromatic heterocycles. The molecule has 2 N–H and O–H groups in total. The zero-order valence-corrected chi connectivity index (χ0v) is 14.9. The maximum absolute atomic E-state index is 11.5. The third kappa shape index (κ3) is 4.61. The number of rotatable bonds is 5. The van der Waals surface area contributed by atoms with Gasteiger partial charge < -0.3 is 10.4 Å². The van der Waals surface area contributed by atoms with Gasteiger partial charge in [0.1, 0.15) is 0 Å². The van der Waals surface area contributed by atoms with Crippen LogP contribution in [0.1, 0.15) is 12.8 Å². The molecule has 2 aromatic carbocycles. The van der Waals surface area contributed by atoms with E-state index in [2.05, 4.69) is 10.3 Å². The molecule has 0 amide bonds. The zero-order valence-electron chi connectivity index (χ0n) is 14.1. The highest BCUT2D eigenvalue weighted by atomic mass is 35.5. The molecule has 132 valence electrons. The van der Waals surface area contributed by atoms with Gasteiger partial charge in [-0.2, -0.15) is 0 Å². The molecule has 0 fully saturated rings. The molecule has 0 bridgehead atoms. The first-order valence-corrected chi connectivity index (χ1v) is 8.73. The van der Waals surface area contributed by atoms with Gasteiger partial charge in [0.25, 0.3) is 0 Å². The topological polar surface area (TPSA) is 61.7 Å². The Kier molecular flexibility index (Phi) is 5.87. The van der Waals surface area contributed by atoms with E-state index in [0.29, 0.717) is 17.9 Å². The van der Waals surface area contributed by atoms with E-state index in [1.165, 1.54) is 0 Å². The molecule has 4 nitrogen and oxygen atoms in total. The first-order chi connectivity index (χ1) is 12.6. The SMILES string of the molecule is O=C(O)C1CC(/C=N/c2ccccc2)=C(Cl)C(=C/Nc2ccccc2)/C1. The van der Waals surface area contributed by atoms with Crippen LogP contribution < -0.4 is 5.32 Å². The van der Waals surface area contributed by atoms with Crippen molar-refractivity contribution in [2.75, 3.05) is 5.32 Å². The van der Waals surface area contributed by atoms with Crippen LogP contribution in [0.5, 0.6) is 0 Å². The highest BCUT2D eigenvalue weighted by molar-refractivity contribution is 6.34. The molecule has 26 heavy (non-hydrogen) atoms. The first-order valence-electron chi connectivity index (χ1n) is 8.35. The summed E-state index contributed by atoms with van der Waals surface area (Å²) in [6, 6.07) is 19.2. The third-order valence-electron chi connectivity index (χ3n) is 4.16. The van der Waals surface area contributed by atoms with Crippen molar-refractivity contribution >= 4 is 35.2 Å². The highest BCUT2D eigenvalue weighted by Crippen LogP contribution is 2.35. The average Bonchev–Trinajstić information content (AvgIpc) is 2.67. The number of allylic oxidation sites excluding steroid dienone is 3. The molecule has 0 radical (unpaired) electrons. The van der Waals surface area contributed by atoms with Crippen molar-refractivity contribution in [1.29, 1.82) is 0 Å². The summed E-state index contributed by atoms with van der Waals surface area (Å²) < 4.78 is 0. The number of aliphatic imine (C=N–C) groups is 1. The number of carboxylic acid groups (broad SMARTS) is 1. The van der Waals surface area contributed by atoms with Crippen molar-refractivity contribution < 1.29 is 9.90 Å². The van der Waals surface area contributed by atoms with E-state index in [-0.39, 0.29) is 0 Å². The molecular formula is C21H19ClN2O2. The van der Waals surface area contributed by atoms with Crippen molar-refractivity contribution in [3.05, 3.63) is 83.0 Å². The van der Waals surface area contributed by atoms with Crippen LogP contribution in [0.15, 0.2) is 88.0 Å². The fourth-order valence-electron chi connectivity index (χ4n) is 2.77. The van der Waals surface area contributed by atoms with E-state index < -0.39 is 11.9 Å². The van der Waals surface area contributed by atoms with Gasteiger partial charge in [-0.15, -0.1) is 0 Å². The van der Waals surface area contributed by atoms with Crippen LogP contribution in [0.25, 0.3) is 0 Å². The number of anilines is 1. The molecule has 0 saturated heterocycles. The Hall–Kier alpha value is -2.85. The summed E-state index contributed by atoms with van der Waals surface area (Å²) in [7, 11) is 0. The van der Waals surface area contributed by atoms with Crippen LogP contribution in [-0.2, 0) is 4.79 Å². The lowest BCUT2D eigenvalue weighted by molar-refractivity contribution is -0.141. The lowest BCUT2D eigenvalue weighted by atomic mass is 9.86. The number of halogens is 1. The van der Waals surface area contributed by atoms with Crippen LogP contribution >= 0.6 is 11.6 Å². The second-order valence-corrected chi connectivity index (χ2v) is 6.43. The monoisotopic (exact) mass is 366 g/mol. The van der Waals surface area contributed by atoms with E-state index in [9.17, 15) is 9.90 Å². The van der Waals surface area contributed by atoms with Crippen molar-refractivity contribution in [3.63, 3.8) is 0 Å². The standard InChI is InChI=1S/C21H19ClN2O2/c22-20-16(13-23-18-7-3-1-4-8-18)11-15(21(25)26)12-17(20)14-24-19-9-5-2-6-10-19/h1-10,13-15,23H,11-12H2,(H,25,26)/b16-13+,24-14+. The third-order valence-corrected chi connectivity index (χ3v) is 4.64. The molecular weight excluding hydrogens is 348 g/mol. The number of hydrogen-bond acceptors (Lipinski definition) is 3. The van der Waals surface area contributed by atoms with E-state index in [4.69, 9.17) is 11.6 Å². The predicted octanol–water partition coefficient (Wildman–Crippen LogP) is 5.37. The quantitative estimate of drug-likeness (QED) is 0.699. The minimum atomic E-state index is -0.828. The van der Waals surface area contributed by atoms with Gasteiger partial charge in [-0.05, 0) is 48.3 Å². The molecule has 1 atom stereocenters. The Labute approximate surface area is 157 Å². The number of nitrogens with one attached hydrogen (secondary N) is 1. The van der Waals surface area contributed by atoms with Crippen molar-refractivity contribution in [2.45, 2.75) is 12.8 Å². The Balaban J connectivity index is 1.87. The minimum absolute atomic E-state index is 0.368. The molecule has 1 aliphatic rings. The Morgan fingerprint density at radius 1 is 1.08 bits per heavy atom. The Morgan fingerprint density at radius 2 is 1.73 bits per heavy atom. The fourth-order valence-corrected chi connectivity index (χ4v) is 3.02. The maximum Gasteiger partial charge on any atom is 0.307 e. The molecule has 5 heteroatoms. The Bertz CT molecular complexity index is 858. The highest BCUT2D eigenvalue weighted by Gasteiger charge is 2.28. The summed E-state index contributed by atoms with van der Waals surface area (Å²) in [6.45, 7) is 0. The van der Waals surface area contributed by atoms with E-state index >= 15 is 0 Å². The number of benzene rings is 2. The molecule has 0 heterocycles. The minimum Gasteiger partial charge on any atom is -0.481 e. The van der Waals surface area contributed by atoms with Crippen LogP contribution in [-0.4, -0.2) is 17.3 Å². The molecule has 0 saturated carbocycles. The van der Waals surface area contributed by atoms with Gasteiger partial charge in [0.15, 0.2) is 0 Å². The normalized spacial score (nSPS) is 19.1. The molecule has 2 aromatic rings. The zero-order chi connectivity index (χ0) is 18.4. The average molecular weight is 367 g/mol. The van der Waals surface area contributed by atoms with Crippen molar-refractivity contribution in [3.8, 4) is 0 Å². The first kappa shape index (κ1) is 18.0. The summed E-state index contributed by atoms with van der Waals surface area (Å²) in [4.78, 5) is 16.0. The van der Waals surface area contributed by atoms with Crippen molar-refractivity contribution in [1.82, 2.24) is 0 Å². The second-order valence-electron chi connectivity index (χ2n) is 6.06. The summed E-state index contributed by atoms with van der Waals surface area (Å²) in [5.74, 6) is -1.34. The van der Waals surface area contributed by atoms with Gasteiger partial charge in [-0.3, -0.25) is 9.79 Å². The predicted molar refractivity (Wildman–Crippen MR) is 106 cm³/mol. The molecule has 0 spiro atoms. The van der Waals surface area contributed by atoms with Crippen LogP contribution in [0.4, 0.5) is 11.4 Å². The van der Waals surface area contributed by atoms with Gasteiger partial charge in [0.05, 0.1) is 11.6 Å². The number of aliphatic carboxylic acids is 1. The number of hydrogen-bond donors (Lipinski definition) is 2. The van der Waals surface area contributed by atoms with Gasteiger partial charge in [-0.25, -0.2) is 0 Å². The lowest BCUT2D eigenvalue weighted by Crippen LogP contribution is -2.20. The number of carboxylic acids is 1. The fraction of sp³-hybridized carbons (Fsp3) is 0.143. The van der Waals surface area contributed by atoms with E-state index in [0.717, 1.165) is 22.5 Å². The molecule has 3 rings (SSSR count). The van der Waals surface area contributed by atoms with E-state index in [1.54, 1.807) is 12.4 Å². The molecule has 0 aliphatic heterocycles. The second kappa shape index (κ2) is 8.50. The number of carbonyl (C=O) groups is 1. The summed E-state index contributed by atoms with van der Waals surface area (Å²) in [6.07, 6.45) is 4.20. The smallest absolute Gasteiger partial charge is 0.307 e. The van der Waals surface area contributed by atoms with Crippen LogP contribution in [0.3, 0.4) is 0 Å². The number of para-hydroxylation sites is 2. The number of nitrogens with zero attached hydrogens (tertiary/aromatic N) is 1. The van der Waals surface area contributed by atoms with Gasteiger partial charge in [0, 0.05) is 23.1 Å². The van der Waals surface area contributed by atoms with Crippen LogP contribution in [0, 0.1) is 5.92 Å². The van der Waals surface area contributed by atoms with Gasteiger partial charge >= 0.3 is 5.97 Å². The lowest BCUT2D eigenvalue weighted by Gasteiger charge is -2.22. The van der Waals surface area contributed by atoms with Gasteiger partial charge in [-0.1, -0.05) is 48.0 Å². The maximum atomic E-state index is 11.5. The van der Waals surface area contributed by atoms with Crippen LogP contribution in [0.2, 0.25) is 0 Å². The Morgan fingerprint density at radius 3 is 2.38 bits per heavy atom.